The minimum atomic E-state index is -5.35. The van der Waals surface area contributed by atoms with Crippen molar-refractivity contribution in [3.8, 4) is 23.0 Å². The summed E-state index contributed by atoms with van der Waals surface area (Å²) in [6, 6.07) is 9.56. The Balaban J connectivity index is 0.0000110. The standard InChI is InChI=1S/C43H36F2N14O22S6.Na/c1-17(47-41-51-39(45)53-43(55-41)49-21-5-7-23-19(9-21)11-33(87(77,78)79)35(37(23)61)59-57-25-13-31(85(71,72)73)27(81-3)15-29(25)83(65,66)67)16-46-40-50-38(44)52-42(54-40)48-20-4-6-22-18(8-20)10-32(86(74,75)76)34(36(22)60)58-56-24-12-30(84(68,69)70)26(80-2)14-28(24)82(62,63)64;/h4-15,17,60-61H,16H2,1-3H3,(H,62,63,64)(H,65,66,67)(H,68,69,70)(H,71,72,73)(H,74,75,76)(H,77,78,79)(H2,46,48,50,52,54)(H2,47,49,51,53,55);/q;+1. The Hall–Kier alpha value is -8.22. The second-order valence-electron chi connectivity index (χ2n) is 17.4. The number of ether oxygens (including phenoxy) is 2. The van der Waals surface area contributed by atoms with E-state index in [1.54, 1.807) is 0 Å². The van der Waals surface area contributed by atoms with Crippen molar-refractivity contribution in [3.05, 3.63) is 85.0 Å². The molecule has 6 aromatic carbocycles. The Morgan fingerprint density at radius 2 is 0.818 bits per heavy atom. The predicted octanol–water partition coefficient (Wildman–Crippen LogP) is 2.78. The molecule has 0 aliphatic rings. The average Bonchev–Trinajstić information content (AvgIpc) is 0.827. The molecule has 12 N–H and O–H groups in total. The number of nitrogens with zero attached hydrogens (tertiary/aromatic N) is 10. The first-order chi connectivity index (χ1) is 40.3. The summed E-state index contributed by atoms with van der Waals surface area (Å²) < 4.78 is 245. The van der Waals surface area contributed by atoms with Crippen LogP contribution in [0, 0.1) is 12.2 Å². The van der Waals surface area contributed by atoms with Gasteiger partial charge in [-0.1, -0.05) is 0 Å². The molecule has 36 nitrogen and oxygen atoms in total. The second-order valence-corrected chi connectivity index (χ2v) is 25.7. The van der Waals surface area contributed by atoms with Crippen LogP contribution in [0.1, 0.15) is 6.92 Å². The maximum atomic E-state index is 14.8. The number of azo groups is 2. The molecular formula is C43H36F2N14NaO22S6+. The average molecular weight is 1350 g/mol. The Labute approximate surface area is 515 Å². The van der Waals surface area contributed by atoms with Crippen LogP contribution in [0.15, 0.2) is 123 Å². The van der Waals surface area contributed by atoms with E-state index < -0.39 is 178 Å². The molecule has 0 aliphatic carbocycles. The molecular weight excluding hydrogens is 1320 g/mol. The first-order valence-corrected chi connectivity index (χ1v) is 31.6. The van der Waals surface area contributed by atoms with Gasteiger partial charge in [-0.15, -0.1) is 20.5 Å². The molecule has 0 spiro atoms. The summed E-state index contributed by atoms with van der Waals surface area (Å²) in [5.74, 6) is -5.27. The number of aromatic nitrogens is 6. The zero-order valence-corrected chi connectivity index (χ0v) is 51.1. The molecule has 0 saturated heterocycles. The van der Waals surface area contributed by atoms with Gasteiger partial charge in [0.05, 0.1) is 14.2 Å². The summed E-state index contributed by atoms with van der Waals surface area (Å²) in [7, 11) is -29.7. The van der Waals surface area contributed by atoms with Crippen LogP contribution in [0.5, 0.6) is 23.0 Å². The fraction of sp³-hybridized carbons (Fsp3) is 0.116. The van der Waals surface area contributed by atoms with Gasteiger partial charge in [0.1, 0.15) is 63.6 Å². The molecule has 88 heavy (non-hydrogen) atoms. The SMILES string of the molecule is COc1cc(S(=O)(=O)O)c(N=Nc2c(S(=O)(=O)O)cc3cc(Nc4nc(F)nc(NCC(C)Nc5nc(F)nc(Nc6ccc7c(O)c(N=Nc8cc(S(=O)(=O)O)c(OC)cc8S(=O)(=O)O)c(S(=O)(=O)O)cc7c6)n5)n4)ccc3c2O)cc1S(=O)(=O)O.[Na+]. The van der Waals surface area contributed by atoms with Gasteiger partial charge in [0, 0.05) is 46.9 Å². The third kappa shape index (κ3) is 15.4. The van der Waals surface area contributed by atoms with Crippen molar-refractivity contribution in [2.24, 2.45) is 20.5 Å². The van der Waals surface area contributed by atoms with Crippen molar-refractivity contribution >= 4 is 140 Å². The van der Waals surface area contributed by atoms with Crippen molar-refractivity contribution in [1.82, 2.24) is 29.9 Å². The molecule has 0 radical (unpaired) electrons. The fourth-order valence-corrected chi connectivity index (χ4v) is 11.6. The van der Waals surface area contributed by atoms with Crippen molar-refractivity contribution in [2.45, 2.75) is 42.3 Å². The van der Waals surface area contributed by atoms with E-state index in [9.17, 15) is 96.8 Å². The smallest absolute Gasteiger partial charge is 0.505 e. The van der Waals surface area contributed by atoms with E-state index in [-0.39, 0.29) is 69.0 Å². The van der Waals surface area contributed by atoms with E-state index in [4.69, 9.17) is 9.47 Å². The molecule has 8 rings (SSSR count). The number of benzene rings is 6. The Morgan fingerprint density at radius 1 is 0.466 bits per heavy atom. The quantitative estimate of drug-likeness (QED) is 0.0279. The Bertz CT molecular complexity index is 4990. The number of aromatic hydroxyl groups is 2. The number of fused-ring (bicyclic) bond motifs is 2. The van der Waals surface area contributed by atoms with Gasteiger partial charge in [0.2, 0.25) is 23.8 Å². The number of phenolic OH excluding ortho intramolecular Hbond substituents is 2. The summed E-state index contributed by atoms with van der Waals surface area (Å²) in [6.07, 6.45) is -2.68. The summed E-state index contributed by atoms with van der Waals surface area (Å²) in [5.41, 5.74) is -4.10. The molecule has 0 bridgehead atoms. The van der Waals surface area contributed by atoms with Crippen LogP contribution in [0.4, 0.5) is 66.7 Å². The monoisotopic (exact) mass is 1350 g/mol. The van der Waals surface area contributed by atoms with Crippen LogP contribution in [-0.4, -0.2) is 145 Å². The number of nitrogens with one attached hydrogen (secondary N) is 4. The molecule has 0 amide bonds. The van der Waals surface area contributed by atoms with Crippen molar-refractivity contribution < 1.29 is 136 Å². The molecule has 460 valence electrons. The van der Waals surface area contributed by atoms with Crippen LogP contribution in [0.2, 0.25) is 0 Å². The second kappa shape index (κ2) is 25.1. The molecule has 8 aromatic rings. The zero-order valence-electron chi connectivity index (χ0n) is 44.2. The number of anilines is 6. The summed E-state index contributed by atoms with van der Waals surface area (Å²) in [6.45, 7) is 1.34. The first kappa shape index (κ1) is 67.3. The van der Waals surface area contributed by atoms with E-state index in [2.05, 4.69) is 71.6 Å². The maximum absolute atomic E-state index is 14.8. The number of hydrogen-bond acceptors (Lipinski definition) is 30. The minimum absolute atomic E-state index is 0. The van der Waals surface area contributed by atoms with Gasteiger partial charge in [0.15, 0.2) is 11.5 Å². The van der Waals surface area contributed by atoms with E-state index in [0.29, 0.717) is 24.3 Å². The van der Waals surface area contributed by atoms with E-state index in [1.165, 1.54) is 19.1 Å². The molecule has 0 fully saturated rings. The van der Waals surface area contributed by atoms with Crippen LogP contribution in [0.25, 0.3) is 21.5 Å². The third-order valence-electron chi connectivity index (χ3n) is 11.4. The Kier molecular flexibility index (Phi) is 19.2. The maximum Gasteiger partial charge on any atom is 1.00 e. The third-order valence-corrected chi connectivity index (χ3v) is 16.7. The molecule has 45 heteroatoms. The Morgan fingerprint density at radius 3 is 1.18 bits per heavy atom. The van der Waals surface area contributed by atoms with Gasteiger partial charge in [-0.25, -0.2) is 0 Å². The van der Waals surface area contributed by atoms with E-state index >= 15 is 0 Å². The van der Waals surface area contributed by atoms with Crippen LogP contribution in [-0.2, 0) is 60.7 Å². The summed E-state index contributed by atoms with van der Waals surface area (Å²) >= 11 is 0. The van der Waals surface area contributed by atoms with Crippen LogP contribution < -0.4 is 60.3 Å². The first-order valence-electron chi connectivity index (χ1n) is 22.9. The predicted molar refractivity (Wildman–Crippen MR) is 292 cm³/mol. The number of phenols is 2. The van der Waals surface area contributed by atoms with Gasteiger partial charge < -0.3 is 41.0 Å². The number of rotatable bonds is 21. The molecule has 2 aromatic heterocycles. The van der Waals surface area contributed by atoms with Gasteiger partial charge in [-0.05, 0) is 78.4 Å². The van der Waals surface area contributed by atoms with Gasteiger partial charge in [-0.3, -0.25) is 27.3 Å². The van der Waals surface area contributed by atoms with E-state index in [0.717, 1.165) is 50.6 Å². The molecule has 1 atom stereocenters. The van der Waals surface area contributed by atoms with Gasteiger partial charge in [0.25, 0.3) is 60.7 Å². The summed E-state index contributed by atoms with van der Waals surface area (Å²) in [5, 5.41) is 46.4. The minimum Gasteiger partial charge on any atom is -0.505 e. The van der Waals surface area contributed by atoms with Crippen LogP contribution >= 0.6 is 0 Å². The largest absolute Gasteiger partial charge is 1.00 e. The molecule has 1 unspecified atom stereocenters. The number of methoxy groups -OCH3 is 2. The van der Waals surface area contributed by atoms with Gasteiger partial charge in [-0.2, -0.15) is 89.2 Å². The zero-order chi connectivity index (χ0) is 64.1. The van der Waals surface area contributed by atoms with Crippen molar-refractivity contribution in [1.29, 1.82) is 0 Å². The molecule has 0 aliphatic heterocycles. The van der Waals surface area contributed by atoms with E-state index in [1.807, 2.05) is 0 Å². The topological polar surface area (TPSA) is 560 Å². The van der Waals surface area contributed by atoms with Crippen molar-refractivity contribution in [2.75, 3.05) is 42.0 Å². The number of hydrogen-bond donors (Lipinski definition) is 12. The van der Waals surface area contributed by atoms with Crippen LogP contribution in [0.3, 0.4) is 0 Å². The normalized spacial score (nSPS) is 12.9. The van der Waals surface area contributed by atoms with Gasteiger partial charge >= 0.3 is 41.7 Å². The molecule has 2 heterocycles. The summed E-state index contributed by atoms with van der Waals surface area (Å²) in [4.78, 5) is 15.7. The fourth-order valence-electron chi connectivity index (χ4n) is 7.74. The molecule has 0 saturated carbocycles. The van der Waals surface area contributed by atoms with Crippen molar-refractivity contribution in [3.63, 3.8) is 0 Å². The number of halogens is 2.